The van der Waals surface area contributed by atoms with Gasteiger partial charge in [0.1, 0.15) is 28.5 Å². The molecule has 0 bridgehead atoms. The lowest BCUT2D eigenvalue weighted by Crippen LogP contribution is -2.42. The van der Waals surface area contributed by atoms with Gasteiger partial charge in [-0.15, -0.1) is 0 Å². The molecule has 2 aliphatic rings. The zero-order chi connectivity index (χ0) is 26.6. The quantitative estimate of drug-likeness (QED) is 0.417. The standard InChI is InChI=1S/C18H19F4N3O4S.C6H5F.H2/c19-13-9-12-14(25-5-1-11(2-6-25)18(20,21)22)3-7-28-15(12)10-16(13)30(26,27)24-17-4-8-29-23-17;7-6-4-2-1-3-5-6;/h4,8-11,14H,1-3,5-7H2,(H,23,24);1-5H;1H/t14-;;/m0../s1. The van der Waals surface area contributed by atoms with Crippen molar-refractivity contribution < 1.29 is 41.1 Å². The number of piperidine rings is 1. The minimum atomic E-state index is -4.28. The number of nitrogens with one attached hydrogen (secondary N) is 1. The average molecular weight is 548 g/mol. The van der Waals surface area contributed by atoms with Gasteiger partial charge in [-0.1, -0.05) is 23.4 Å². The summed E-state index contributed by atoms with van der Waals surface area (Å²) in [7, 11) is -4.28. The lowest BCUT2D eigenvalue weighted by atomic mass is 9.92. The summed E-state index contributed by atoms with van der Waals surface area (Å²) in [4.78, 5) is 1.27. The molecule has 0 aliphatic carbocycles. The first kappa shape index (κ1) is 26.9. The van der Waals surface area contributed by atoms with Crippen LogP contribution in [0.15, 0.2) is 64.2 Å². The summed E-state index contributed by atoms with van der Waals surface area (Å²) in [6, 6.07) is 11.1. The van der Waals surface area contributed by atoms with Crippen LogP contribution in [-0.2, 0) is 10.0 Å². The van der Waals surface area contributed by atoms with E-state index in [9.17, 15) is 30.4 Å². The van der Waals surface area contributed by atoms with Gasteiger partial charge >= 0.3 is 6.18 Å². The van der Waals surface area contributed by atoms with Gasteiger partial charge in [-0.25, -0.2) is 17.2 Å². The van der Waals surface area contributed by atoms with E-state index in [1.54, 1.807) is 18.2 Å². The molecule has 0 spiro atoms. The van der Waals surface area contributed by atoms with Crippen molar-refractivity contribution >= 4 is 15.8 Å². The molecule has 37 heavy (non-hydrogen) atoms. The summed E-state index contributed by atoms with van der Waals surface area (Å²) in [6.07, 6.45) is -2.62. The molecule has 2 aliphatic heterocycles. The fourth-order valence-electron chi connectivity index (χ4n) is 4.37. The molecule has 0 radical (unpaired) electrons. The van der Waals surface area contributed by atoms with Gasteiger partial charge in [-0.2, -0.15) is 13.2 Å². The highest BCUT2D eigenvalue weighted by Crippen LogP contribution is 2.42. The van der Waals surface area contributed by atoms with Crippen molar-refractivity contribution in [1.82, 2.24) is 10.1 Å². The molecule has 0 amide bonds. The van der Waals surface area contributed by atoms with Crippen LogP contribution in [-0.4, -0.2) is 44.3 Å². The van der Waals surface area contributed by atoms with Gasteiger partial charge in [-0.3, -0.25) is 9.62 Å². The second-order valence-corrected chi connectivity index (χ2v) is 10.3. The molecule has 1 fully saturated rings. The van der Waals surface area contributed by atoms with Crippen molar-refractivity contribution in [2.75, 3.05) is 24.4 Å². The van der Waals surface area contributed by atoms with Gasteiger partial charge in [0.15, 0.2) is 5.82 Å². The topological polar surface area (TPSA) is 84.7 Å². The Bertz CT molecular complexity index is 1290. The number of nitrogens with zero attached hydrogens (tertiary/aromatic N) is 2. The molecular weight excluding hydrogens is 521 g/mol. The Hall–Kier alpha value is -3.19. The number of ether oxygens (including phenoxy) is 1. The van der Waals surface area contributed by atoms with E-state index in [0.717, 1.165) is 18.4 Å². The van der Waals surface area contributed by atoms with Crippen LogP contribution in [0.4, 0.5) is 27.8 Å². The van der Waals surface area contributed by atoms with E-state index in [0.29, 0.717) is 12.0 Å². The number of alkyl halides is 3. The van der Waals surface area contributed by atoms with Crippen LogP contribution >= 0.6 is 0 Å². The summed E-state index contributed by atoms with van der Waals surface area (Å²) in [6.45, 7) is 0.700. The molecule has 1 atom stereocenters. The SMILES string of the molecule is Fc1ccccc1.O=S(=O)(Nc1ccon1)c1cc2c(cc1F)[C@@H](N1CCC(C(F)(F)F)CC1)CCO2.[HH]. The van der Waals surface area contributed by atoms with E-state index in [-0.39, 0.29) is 57.4 Å². The van der Waals surface area contributed by atoms with Crippen molar-refractivity contribution in [3.8, 4) is 5.75 Å². The third kappa shape index (κ3) is 6.58. The minimum absolute atomic E-state index is 0. The summed E-state index contributed by atoms with van der Waals surface area (Å²) < 4.78 is 103. The first-order chi connectivity index (χ1) is 17.5. The number of anilines is 1. The molecular formula is C24H26F5N3O4S. The Labute approximate surface area is 211 Å². The maximum absolute atomic E-state index is 14.8. The monoisotopic (exact) mass is 547 g/mol. The first-order valence-electron chi connectivity index (χ1n) is 11.5. The Morgan fingerprint density at radius 1 is 1.03 bits per heavy atom. The Morgan fingerprint density at radius 3 is 2.30 bits per heavy atom. The normalized spacial score (nSPS) is 18.8. The lowest BCUT2D eigenvalue weighted by molar-refractivity contribution is -0.186. The fraction of sp³-hybridized carbons (Fsp3) is 0.375. The Morgan fingerprint density at radius 2 is 1.73 bits per heavy atom. The van der Waals surface area contributed by atoms with Crippen molar-refractivity contribution in [2.45, 2.75) is 36.4 Å². The summed E-state index contributed by atoms with van der Waals surface area (Å²) in [5.41, 5.74) is 0.435. The van der Waals surface area contributed by atoms with Crippen LogP contribution in [0, 0.1) is 17.6 Å². The molecule has 0 saturated carbocycles. The van der Waals surface area contributed by atoms with Gasteiger partial charge in [-0.05, 0) is 44.1 Å². The molecule has 1 aromatic heterocycles. The maximum atomic E-state index is 14.8. The highest BCUT2D eigenvalue weighted by molar-refractivity contribution is 7.92. The third-order valence-corrected chi connectivity index (χ3v) is 7.57. The molecule has 1 N–H and O–H groups in total. The molecule has 7 nitrogen and oxygen atoms in total. The molecule has 3 aromatic rings. The highest BCUT2D eigenvalue weighted by atomic mass is 32.2. The van der Waals surface area contributed by atoms with E-state index >= 15 is 0 Å². The Kier molecular flexibility index (Phi) is 8.02. The van der Waals surface area contributed by atoms with Gasteiger partial charge in [0.05, 0.1) is 12.5 Å². The number of sulfonamides is 1. The number of hydrogen-bond acceptors (Lipinski definition) is 6. The number of likely N-dealkylation sites (tertiary alicyclic amines) is 1. The number of hydrogen-bond donors (Lipinski definition) is 1. The number of halogens is 5. The van der Waals surface area contributed by atoms with E-state index in [1.165, 1.54) is 18.2 Å². The summed E-state index contributed by atoms with van der Waals surface area (Å²) in [5, 5.41) is 3.43. The number of rotatable bonds is 4. The van der Waals surface area contributed by atoms with Crippen molar-refractivity contribution in [1.29, 1.82) is 0 Å². The molecule has 0 unspecified atom stereocenters. The molecule has 202 valence electrons. The smallest absolute Gasteiger partial charge is 0.391 e. The predicted molar refractivity (Wildman–Crippen MR) is 125 cm³/mol. The Balaban J connectivity index is 0.000000435. The van der Waals surface area contributed by atoms with Crippen LogP contribution in [0.25, 0.3) is 0 Å². The number of fused-ring (bicyclic) bond motifs is 1. The van der Waals surface area contributed by atoms with Crippen molar-refractivity contribution in [2.24, 2.45) is 5.92 Å². The second kappa shape index (κ2) is 11.1. The van der Waals surface area contributed by atoms with E-state index < -0.39 is 32.8 Å². The van der Waals surface area contributed by atoms with Crippen LogP contribution < -0.4 is 9.46 Å². The lowest BCUT2D eigenvalue weighted by Gasteiger charge is -2.40. The van der Waals surface area contributed by atoms with Crippen LogP contribution in [0.3, 0.4) is 0 Å². The number of aromatic nitrogens is 1. The predicted octanol–water partition coefficient (Wildman–Crippen LogP) is 5.78. The van der Waals surface area contributed by atoms with E-state index in [2.05, 4.69) is 14.4 Å². The number of benzene rings is 2. The molecule has 1 saturated heterocycles. The molecule has 5 rings (SSSR count). The highest BCUT2D eigenvalue weighted by Gasteiger charge is 2.42. The summed E-state index contributed by atoms with van der Waals surface area (Å²) >= 11 is 0. The third-order valence-electron chi connectivity index (χ3n) is 6.20. The van der Waals surface area contributed by atoms with Crippen molar-refractivity contribution in [3.05, 3.63) is 72.0 Å². The zero-order valence-corrected chi connectivity index (χ0v) is 20.2. The zero-order valence-electron chi connectivity index (χ0n) is 19.4. The second-order valence-electron chi connectivity index (χ2n) is 8.61. The van der Waals surface area contributed by atoms with Gasteiger partial charge in [0.2, 0.25) is 0 Å². The minimum Gasteiger partial charge on any atom is -0.493 e. The average Bonchev–Trinajstić information content (AvgIpc) is 3.36. The van der Waals surface area contributed by atoms with E-state index in [4.69, 9.17) is 4.74 Å². The molecule has 3 heterocycles. The van der Waals surface area contributed by atoms with Crippen LogP contribution in [0.5, 0.6) is 5.75 Å². The van der Waals surface area contributed by atoms with Crippen molar-refractivity contribution in [3.63, 3.8) is 0 Å². The van der Waals surface area contributed by atoms with Gasteiger partial charge in [0.25, 0.3) is 10.0 Å². The largest absolute Gasteiger partial charge is 0.493 e. The van der Waals surface area contributed by atoms with E-state index in [1.807, 2.05) is 4.90 Å². The first-order valence-corrected chi connectivity index (χ1v) is 12.9. The fourth-order valence-corrected chi connectivity index (χ4v) is 5.44. The molecule has 13 heteroatoms. The van der Waals surface area contributed by atoms with Gasteiger partial charge < -0.3 is 9.26 Å². The summed E-state index contributed by atoms with van der Waals surface area (Å²) in [5.74, 6) is -2.39. The van der Waals surface area contributed by atoms with Crippen LogP contribution in [0.2, 0.25) is 0 Å². The maximum Gasteiger partial charge on any atom is 0.391 e. The molecule has 2 aromatic carbocycles. The van der Waals surface area contributed by atoms with Gasteiger partial charge in [0, 0.05) is 31.6 Å². The van der Waals surface area contributed by atoms with Crippen LogP contribution in [0.1, 0.15) is 32.3 Å².